The van der Waals surface area contributed by atoms with Crippen molar-refractivity contribution in [2.24, 2.45) is 0 Å². The van der Waals surface area contributed by atoms with Crippen molar-refractivity contribution < 1.29 is 4.74 Å². The van der Waals surface area contributed by atoms with Crippen molar-refractivity contribution in [2.75, 3.05) is 19.1 Å². The zero-order chi connectivity index (χ0) is 14.4. The molecule has 0 unspecified atom stereocenters. The number of fused-ring (bicyclic) bond motifs is 1. The summed E-state index contributed by atoms with van der Waals surface area (Å²) in [5.41, 5.74) is 3.58. The van der Waals surface area contributed by atoms with Crippen LogP contribution in [0.4, 0.5) is 0 Å². The molecule has 0 bridgehead atoms. The molecule has 20 heavy (non-hydrogen) atoms. The minimum atomic E-state index is 0.606. The molecular weight excluding hydrogens is 272 g/mol. The molecule has 110 valence electrons. The second-order valence-corrected chi connectivity index (χ2v) is 5.41. The lowest BCUT2D eigenvalue weighted by molar-refractivity contribution is 0.129. The maximum Gasteiger partial charge on any atom is 0.111 e. The Bertz CT molecular complexity index is 551. The monoisotopic (exact) mass is 294 g/mol. The molecule has 0 saturated heterocycles. The van der Waals surface area contributed by atoms with Gasteiger partial charge in [0.15, 0.2) is 0 Å². The second-order valence-electron chi connectivity index (χ2n) is 5.03. The van der Waals surface area contributed by atoms with E-state index in [-0.39, 0.29) is 0 Å². The summed E-state index contributed by atoms with van der Waals surface area (Å²) in [5.74, 6) is 1.69. The van der Waals surface area contributed by atoms with Crippen molar-refractivity contribution in [3.63, 3.8) is 0 Å². The quantitative estimate of drug-likeness (QED) is 0.544. The number of aryl methyl sites for hydroxylation is 3. The van der Waals surface area contributed by atoms with Gasteiger partial charge in [0.2, 0.25) is 0 Å². The van der Waals surface area contributed by atoms with Crippen LogP contribution in [0, 0.1) is 6.92 Å². The maximum absolute atomic E-state index is 5.90. The lowest BCUT2D eigenvalue weighted by atomic mass is 10.2. The minimum Gasteiger partial charge on any atom is -0.381 e. The highest BCUT2D eigenvalue weighted by Crippen LogP contribution is 2.21. The van der Waals surface area contributed by atoms with Gasteiger partial charge in [0.05, 0.1) is 11.0 Å². The maximum atomic E-state index is 5.90. The molecule has 0 amide bonds. The van der Waals surface area contributed by atoms with Gasteiger partial charge in [-0.3, -0.25) is 0 Å². The number of hydrogen-bond acceptors (Lipinski definition) is 2. The first kappa shape index (κ1) is 15.3. The van der Waals surface area contributed by atoms with Gasteiger partial charge in [-0.2, -0.15) is 0 Å². The normalized spacial score (nSPS) is 11.3. The summed E-state index contributed by atoms with van der Waals surface area (Å²) >= 11 is 5.90. The van der Waals surface area contributed by atoms with Gasteiger partial charge in [-0.15, -0.1) is 11.6 Å². The Morgan fingerprint density at radius 2 is 2.15 bits per heavy atom. The van der Waals surface area contributed by atoms with E-state index in [1.54, 1.807) is 0 Å². The summed E-state index contributed by atoms with van der Waals surface area (Å²) in [5, 5.41) is 0. The standard InChI is InChI=1S/C16H23ClN2O/c1-3-11-20-12-5-10-19-15(8-9-17)18-14-7-4-6-13(2)16(14)19/h4,6-7H,3,5,8-12H2,1-2H3. The smallest absolute Gasteiger partial charge is 0.111 e. The Hall–Kier alpha value is -1.06. The number of alkyl halides is 1. The Balaban J connectivity index is 2.17. The minimum absolute atomic E-state index is 0.606. The molecule has 4 heteroatoms. The fourth-order valence-corrected chi connectivity index (χ4v) is 2.67. The third-order valence-electron chi connectivity index (χ3n) is 3.38. The molecule has 0 fully saturated rings. The zero-order valence-electron chi connectivity index (χ0n) is 12.4. The van der Waals surface area contributed by atoms with E-state index in [0.717, 1.165) is 50.4 Å². The highest BCUT2D eigenvalue weighted by molar-refractivity contribution is 6.17. The van der Waals surface area contributed by atoms with Crippen molar-refractivity contribution in [3.05, 3.63) is 29.6 Å². The van der Waals surface area contributed by atoms with Gasteiger partial charge in [-0.1, -0.05) is 19.1 Å². The van der Waals surface area contributed by atoms with Crippen molar-refractivity contribution >= 4 is 22.6 Å². The van der Waals surface area contributed by atoms with Crippen LogP contribution < -0.4 is 0 Å². The number of nitrogens with zero attached hydrogens (tertiary/aromatic N) is 2. The molecule has 0 aliphatic heterocycles. The second kappa shape index (κ2) is 7.65. The molecular formula is C16H23ClN2O. The molecule has 0 N–H and O–H groups in total. The lowest BCUT2D eigenvalue weighted by Gasteiger charge is -2.10. The Morgan fingerprint density at radius 1 is 1.30 bits per heavy atom. The van der Waals surface area contributed by atoms with Crippen LogP contribution in [-0.4, -0.2) is 28.6 Å². The van der Waals surface area contributed by atoms with Crippen molar-refractivity contribution in [2.45, 2.75) is 39.7 Å². The highest BCUT2D eigenvalue weighted by Gasteiger charge is 2.11. The first-order valence-electron chi connectivity index (χ1n) is 7.36. The topological polar surface area (TPSA) is 27.1 Å². The van der Waals surface area contributed by atoms with E-state index in [1.807, 2.05) is 0 Å². The molecule has 1 aromatic heterocycles. The predicted octanol–water partition coefficient (Wildman–Crippen LogP) is 3.94. The number of ether oxygens (including phenoxy) is 1. The molecule has 0 spiro atoms. The van der Waals surface area contributed by atoms with Gasteiger partial charge >= 0.3 is 0 Å². The molecule has 2 rings (SSSR count). The number of hydrogen-bond donors (Lipinski definition) is 0. The molecule has 0 radical (unpaired) electrons. The number of imidazole rings is 1. The van der Waals surface area contributed by atoms with Crippen LogP contribution in [-0.2, 0) is 17.7 Å². The summed E-state index contributed by atoms with van der Waals surface area (Å²) in [6, 6.07) is 6.27. The van der Waals surface area contributed by atoms with Crippen molar-refractivity contribution in [1.82, 2.24) is 9.55 Å². The van der Waals surface area contributed by atoms with Crippen LogP contribution >= 0.6 is 11.6 Å². The molecule has 0 aliphatic carbocycles. The largest absolute Gasteiger partial charge is 0.381 e. The Labute approximate surface area is 125 Å². The van der Waals surface area contributed by atoms with Gasteiger partial charge in [0.25, 0.3) is 0 Å². The SMILES string of the molecule is CCCOCCCn1c(CCCl)nc2cccc(C)c21. The van der Waals surface area contributed by atoms with E-state index < -0.39 is 0 Å². The number of benzene rings is 1. The fourth-order valence-electron chi connectivity index (χ4n) is 2.50. The van der Waals surface area contributed by atoms with E-state index >= 15 is 0 Å². The van der Waals surface area contributed by atoms with Crippen LogP contribution in [0.25, 0.3) is 11.0 Å². The van der Waals surface area contributed by atoms with E-state index in [9.17, 15) is 0 Å². The van der Waals surface area contributed by atoms with Gasteiger partial charge < -0.3 is 9.30 Å². The molecule has 2 aromatic rings. The van der Waals surface area contributed by atoms with Crippen LogP contribution in [0.1, 0.15) is 31.2 Å². The fraction of sp³-hybridized carbons (Fsp3) is 0.562. The van der Waals surface area contributed by atoms with E-state index in [0.29, 0.717) is 5.88 Å². The summed E-state index contributed by atoms with van der Waals surface area (Å²) in [6.45, 7) is 6.86. The number of aromatic nitrogens is 2. The van der Waals surface area contributed by atoms with E-state index in [4.69, 9.17) is 21.3 Å². The van der Waals surface area contributed by atoms with Crippen LogP contribution in [0.15, 0.2) is 18.2 Å². The first-order chi connectivity index (χ1) is 9.77. The van der Waals surface area contributed by atoms with Gasteiger partial charge in [0, 0.05) is 32.1 Å². The molecule has 3 nitrogen and oxygen atoms in total. The van der Waals surface area contributed by atoms with E-state index in [1.165, 1.54) is 11.1 Å². The summed E-state index contributed by atoms with van der Waals surface area (Å²) < 4.78 is 7.87. The zero-order valence-corrected chi connectivity index (χ0v) is 13.1. The lowest BCUT2D eigenvalue weighted by Crippen LogP contribution is -2.08. The van der Waals surface area contributed by atoms with Crippen LogP contribution in [0.5, 0.6) is 0 Å². The van der Waals surface area contributed by atoms with Gasteiger partial charge in [0.1, 0.15) is 5.82 Å². The van der Waals surface area contributed by atoms with Crippen LogP contribution in [0.2, 0.25) is 0 Å². The van der Waals surface area contributed by atoms with Crippen molar-refractivity contribution in [3.8, 4) is 0 Å². The molecule has 1 aromatic carbocycles. The van der Waals surface area contributed by atoms with E-state index in [2.05, 4.69) is 36.6 Å². The summed E-state index contributed by atoms with van der Waals surface area (Å²) in [6.07, 6.45) is 2.89. The first-order valence-corrected chi connectivity index (χ1v) is 7.89. The van der Waals surface area contributed by atoms with Gasteiger partial charge in [-0.25, -0.2) is 4.98 Å². The third kappa shape index (κ3) is 3.53. The predicted molar refractivity (Wildman–Crippen MR) is 84.6 cm³/mol. The third-order valence-corrected chi connectivity index (χ3v) is 3.57. The number of halogens is 1. The summed E-state index contributed by atoms with van der Waals surface area (Å²) in [7, 11) is 0. The number of rotatable bonds is 8. The molecule has 0 atom stereocenters. The van der Waals surface area contributed by atoms with Crippen LogP contribution in [0.3, 0.4) is 0 Å². The molecule has 0 aliphatic rings. The van der Waals surface area contributed by atoms with Crippen molar-refractivity contribution in [1.29, 1.82) is 0 Å². The number of para-hydroxylation sites is 1. The highest BCUT2D eigenvalue weighted by atomic mass is 35.5. The molecule has 1 heterocycles. The average molecular weight is 295 g/mol. The average Bonchev–Trinajstić information content (AvgIpc) is 2.78. The Morgan fingerprint density at radius 3 is 2.90 bits per heavy atom. The molecule has 0 saturated carbocycles. The Kier molecular flexibility index (Phi) is 5.86. The van der Waals surface area contributed by atoms with Gasteiger partial charge in [-0.05, 0) is 31.4 Å². The summed E-state index contributed by atoms with van der Waals surface area (Å²) in [4.78, 5) is 4.72.